The van der Waals surface area contributed by atoms with Crippen LogP contribution in [0.2, 0.25) is 0 Å². The highest BCUT2D eigenvalue weighted by molar-refractivity contribution is 5.30. The van der Waals surface area contributed by atoms with Gasteiger partial charge in [0, 0.05) is 6.54 Å². The smallest absolute Gasteiger partial charge is 0.0460 e. The molecule has 16 heavy (non-hydrogen) atoms. The van der Waals surface area contributed by atoms with Gasteiger partial charge in [0.2, 0.25) is 0 Å². The van der Waals surface area contributed by atoms with Gasteiger partial charge in [-0.05, 0) is 50.0 Å². The summed E-state index contributed by atoms with van der Waals surface area (Å²) in [5.74, 6) is 0.653. The van der Waals surface area contributed by atoms with Crippen LogP contribution in [0.3, 0.4) is 0 Å². The quantitative estimate of drug-likeness (QED) is 0.765. The Hall–Kier alpha value is -0.900. The Kier molecular flexibility index (Phi) is 3.93. The fourth-order valence-corrected chi connectivity index (χ4v) is 2.50. The lowest BCUT2D eigenvalue weighted by Gasteiger charge is -2.30. The summed E-state index contributed by atoms with van der Waals surface area (Å²) >= 11 is 0. The van der Waals surface area contributed by atoms with Crippen molar-refractivity contribution in [2.45, 2.75) is 25.3 Å². The number of nitrogens with zero attached hydrogens (tertiary/aromatic N) is 1. The number of hydrogen-bond acceptors (Lipinski definition) is 3. The molecule has 1 aromatic carbocycles. The van der Waals surface area contributed by atoms with E-state index >= 15 is 0 Å². The predicted molar refractivity (Wildman–Crippen MR) is 64.5 cm³/mol. The maximum Gasteiger partial charge on any atom is 0.0460 e. The van der Waals surface area contributed by atoms with E-state index in [1.165, 1.54) is 37.1 Å². The molecule has 3 heteroatoms. The van der Waals surface area contributed by atoms with E-state index in [1.807, 2.05) is 6.07 Å². The van der Waals surface area contributed by atoms with Crippen molar-refractivity contribution < 1.29 is 5.21 Å². The molecule has 1 heterocycles. The molecular formula is C13H20N2O. The summed E-state index contributed by atoms with van der Waals surface area (Å²) in [7, 11) is 2.18. The molecule has 0 radical (unpaired) electrons. The Labute approximate surface area is 97.0 Å². The van der Waals surface area contributed by atoms with Crippen molar-refractivity contribution in [2.24, 2.45) is 0 Å². The van der Waals surface area contributed by atoms with Crippen molar-refractivity contribution in [1.82, 2.24) is 10.4 Å². The molecule has 2 N–H and O–H groups in total. The maximum atomic E-state index is 8.83. The largest absolute Gasteiger partial charge is 0.316 e. The fraction of sp³-hybridized carbons (Fsp3) is 0.538. The normalized spacial score (nSPS) is 18.9. The van der Waals surface area contributed by atoms with Crippen molar-refractivity contribution in [2.75, 3.05) is 20.1 Å². The third-order valence-electron chi connectivity index (χ3n) is 3.48. The second-order valence-corrected chi connectivity index (χ2v) is 4.61. The van der Waals surface area contributed by atoms with Gasteiger partial charge in [-0.3, -0.25) is 0 Å². The summed E-state index contributed by atoms with van der Waals surface area (Å²) in [5, 5.41) is 8.83. The first kappa shape index (κ1) is 11.6. The minimum absolute atomic E-state index is 0.544. The Morgan fingerprint density at radius 1 is 1.31 bits per heavy atom. The van der Waals surface area contributed by atoms with Crippen LogP contribution in [-0.4, -0.2) is 30.2 Å². The Bertz CT molecular complexity index is 332. The van der Waals surface area contributed by atoms with Gasteiger partial charge in [0.1, 0.15) is 0 Å². The van der Waals surface area contributed by atoms with Crippen LogP contribution in [0.1, 0.15) is 29.9 Å². The first-order valence-electron chi connectivity index (χ1n) is 5.94. The SMILES string of the molecule is CN1CCC(c2ccccc2CNO)CC1. The summed E-state index contributed by atoms with van der Waals surface area (Å²) in [5.41, 5.74) is 4.88. The van der Waals surface area contributed by atoms with Crippen LogP contribution in [0, 0.1) is 0 Å². The van der Waals surface area contributed by atoms with Gasteiger partial charge in [-0.25, -0.2) is 5.48 Å². The highest BCUT2D eigenvalue weighted by Crippen LogP contribution is 2.29. The molecule has 1 saturated heterocycles. The Morgan fingerprint density at radius 2 is 2.00 bits per heavy atom. The zero-order valence-corrected chi connectivity index (χ0v) is 9.82. The topological polar surface area (TPSA) is 35.5 Å². The fourth-order valence-electron chi connectivity index (χ4n) is 2.50. The standard InChI is InChI=1S/C13H20N2O/c1-15-8-6-11(7-9-15)13-5-3-2-4-12(13)10-14-16/h2-5,11,14,16H,6-10H2,1H3. The van der Waals surface area contributed by atoms with Gasteiger partial charge in [0.15, 0.2) is 0 Å². The summed E-state index contributed by atoms with van der Waals surface area (Å²) in [6.07, 6.45) is 2.44. The number of nitrogens with one attached hydrogen (secondary N) is 1. The van der Waals surface area contributed by atoms with Gasteiger partial charge in [-0.1, -0.05) is 24.3 Å². The van der Waals surface area contributed by atoms with Crippen LogP contribution >= 0.6 is 0 Å². The summed E-state index contributed by atoms with van der Waals surface area (Å²) in [6.45, 7) is 2.89. The zero-order valence-electron chi connectivity index (χ0n) is 9.82. The summed E-state index contributed by atoms with van der Waals surface area (Å²) < 4.78 is 0. The third-order valence-corrected chi connectivity index (χ3v) is 3.48. The Balaban J connectivity index is 2.13. The molecule has 0 saturated carbocycles. The highest BCUT2D eigenvalue weighted by Gasteiger charge is 2.20. The van der Waals surface area contributed by atoms with Crippen molar-refractivity contribution in [3.8, 4) is 0 Å². The van der Waals surface area contributed by atoms with Gasteiger partial charge in [0.05, 0.1) is 0 Å². The van der Waals surface area contributed by atoms with E-state index in [0.29, 0.717) is 12.5 Å². The number of hydroxylamine groups is 1. The third kappa shape index (κ3) is 2.61. The molecule has 1 aromatic rings. The van der Waals surface area contributed by atoms with Crippen LogP contribution in [0.25, 0.3) is 0 Å². The molecule has 0 aromatic heterocycles. The summed E-state index contributed by atoms with van der Waals surface area (Å²) in [4.78, 5) is 2.38. The summed E-state index contributed by atoms with van der Waals surface area (Å²) in [6, 6.07) is 8.42. The van der Waals surface area contributed by atoms with Gasteiger partial charge in [-0.2, -0.15) is 0 Å². The molecule has 1 aliphatic rings. The molecule has 0 atom stereocenters. The molecule has 1 aliphatic heterocycles. The minimum atomic E-state index is 0.544. The molecule has 1 fully saturated rings. The van der Waals surface area contributed by atoms with Crippen molar-refractivity contribution in [3.05, 3.63) is 35.4 Å². The molecule has 0 amide bonds. The lowest BCUT2D eigenvalue weighted by Crippen LogP contribution is -2.29. The van der Waals surface area contributed by atoms with Gasteiger partial charge in [-0.15, -0.1) is 0 Å². The molecular weight excluding hydrogens is 200 g/mol. The minimum Gasteiger partial charge on any atom is -0.316 e. The van der Waals surface area contributed by atoms with Crippen molar-refractivity contribution in [3.63, 3.8) is 0 Å². The Morgan fingerprint density at radius 3 is 2.69 bits per heavy atom. The van der Waals surface area contributed by atoms with Gasteiger partial charge in [0.25, 0.3) is 0 Å². The average molecular weight is 220 g/mol. The molecule has 2 rings (SSSR count). The van der Waals surface area contributed by atoms with Crippen molar-refractivity contribution in [1.29, 1.82) is 0 Å². The number of likely N-dealkylation sites (tertiary alicyclic amines) is 1. The maximum absolute atomic E-state index is 8.83. The average Bonchev–Trinajstić information content (AvgIpc) is 2.32. The number of piperidine rings is 1. The number of benzene rings is 1. The van der Waals surface area contributed by atoms with Crippen LogP contribution in [-0.2, 0) is 6.54 Å². The number of rotatable bonds is 3. The molecule has 0 aliphatic carbocycles. The lowest BCUT2D eigenvalue weighted by atomic mass is 9.86. The number of hydrogen-bond donors (Lipinski definition) is 2. The molecule has 3 nitrogen and oxygen atoms in total. The van der Waals surface area contributed by atoms with Gasteiger partial charge < -0.3 is 10.1 Å². The van der Waals surface area contributed by atoms with Gasteiger partial charge >= 0.3 is 0 Å². The van der Waals surface area contributed by atoms with Crippen LogP contribution in [0.4, 0.5) is 0 Å². The van der Waals surface area contributed by atoms with E-state index in [0.717, 1.165) is 0 Å². The zero-order chi connectivity index (χ0) is 11.4. The molecule has 0 spiro atoms. The van der Waals surface area contributed by atoms with Crippen LogP contribution in [0.5, 0.6) is 0 Å². The predicted octanol–water partition coefficient (Wildman–Crippen LogP) is 1.97. The molecule has 0 bridgehead atoms. The van der Waals surface area contributed by atoms with Crippen LogP contribution < -0.4 is 5.48 Å². The second-order valence-electron chi connectivity index (χ2n) is 4.61. The highest BCUT2D eigenvalue weighted by atomic mass is 16.5. The molecule has 88 valence electrons. The second kappa shape index (κ2) is 5.43. The molecule has 0 unspecified atom stereocenters. The van der Waals surface area contributed by atoms with E-state index < -0.39 is 0 Å². The van der Waals surface area contributed by atoms with E-state index in [-0.39, 0.29) is 0 Å². The van der Waals surface area contributed by atoms with E-state index in [4.69, 9.17) is 5.21 Å². The first-order valence-corrected chi connectivity index (χ1v) is 5.94. The van der Waals surface area contributed by atoms with E-state index in [1.54, 1.807) is 0 Å². The van der Waals surface area contributed by atoms with Crippen LogP contribution in [0.15, 0.2) is 24.3 Å². The van der Waals surface area contributed by atoms with E-state index in [9.17, 15) is 0 Å². The first-order chi connectivity index (χ1) is 7.81. The van der Waals surface area contributed by atoms with Crippen molar-refractivity contribution >= 4 is 0 Å². The lowest BCUT2D eigenvalue weighted by molar-refractivity contribution is 0.160. The monoisotopic (exact) mass is 220 g/mol. The van der Waals surface area contributed by atoms with E-state index in [2.05, 4.69) is 35.6 Å².